The van der Waals surface area contributed by atoms with Crippen LogP contribution < -0.4 is 5.32 Å². The smallest absolute Gasteiger partial charge is 0.170 e. The van der Waals surface area contributed by atoms with E-state index in [0.29, 0.717) is 11.7 Å². The van der Waals surface area contributed by atoms with Crippen molar-refractivity contribution in [1.82, 2.24) is 19.8 Å². The van der Waals surface area contributed by atoms with Crippen LogP contribution in [0.5, 0.6) is 0 Å². The summed E-state index contributed by atoms with van der Waals surface area (Å²) in [5, 5.41) is 4.25. The second kappa shape index (κ2) is 8.52. The van der Waals surface area contributed by atoms with E-state index in [1.807, 2.05) is 30.5 Å². The molecule has 4 heterocycles. The molecule has 1 aliphatic rings. The van der Waals surface area contributed by atoms with Gasteiger partial charge in [-0.05, 0) is 99.1 Å². The van der Waals surface area contributed by atoms with Crippen molar-refractivity contribution in [3.63, 3.8) is 0 Å². The number of hydrogen-bond acceptors (Lipinski definition) is 3. The molecule has 6 heteroatoms. The lowest BCUT2D eigenvalue weighted by molar-refractivity contribution is 0.286. The first kappa shape index (κ1) is 21.5. The lowest BCUT2D eigenvalue weighted by atomic mass is 9.96. The number of furan rings is 1. The number of aromatic nitrogens is 2. The molecular weight excluding hydrogens is 428 g/mol. The van der Waals surface area contributed by atoms with Crippen LogP contribution >= 0.6 is 12.2 Å². The van der Waals surface area contributed by atoms with E-state index in [9.17, 15) is 0 Å². The second-order valence-electron chi connectivity index (χ2n) is 8.84. The van der Waals surface area contributed by atoms with E-state index in [4.69, 9.17) is 16.6 Å². The summed E-state index contributed by atoms with van der Waals surface area (Å²) in [6, 6.07) is 18.9. The quantitative estimate of drug-likeness (QED) is 0.381. The number of thiocarbonyl (C=S) groups is 1. The van der Waals surface area contributed by atoms with Gasteiger partial charge in [-0.2, -0.15) is 0 Å². The van der Waals surface area contributed by atoms with Gasteiger partial charge < -0.3 is 19.2 Å². The maximum Gasteiger partial charge on any atom is 0.170 e. The third-order valence-electron chi connectivity index (χ3n) is 6.36. The molecule has 1 fully saturated rings. The molecule has 0 saturated carbocycles. The molecule has 2 unspecified atom stereocenters. The summed E-state index contributed by atoms with van der Waals surface area (Å²) < 4.78 is 8.02. The minimum atomic E-state index is -0.0538. The normalized spacial score (nSPS) is 18.1. The Morgan fingerprint density at radius 1 is 1.00 bits per heavy atom. The lowest BCUT2D eigenvalue weighted by Crippen LogP contribution is -2.29. The molecule has 0 spiro atoms. The van der Waals surface area contributed by atoms with Gasteiger partial charge in [0.1, 0.15) is 5.76 Å². The van der Waals surface area contributed by atoms with Crippen molar-refractivity contribution < 1.29 is 4.42 Å². The van der Waals surface area contributed by atoms with Crippen LogP contribution in [0, 0.1) is 27.7 Å². The van der Waals surface area contributed by atoms with Crippen molar-refractivity contribution in [3.8, 4) is 5.69 Å². The number of nitrogens with one attached hydrogen (secondary N) is 1. The minimum absolute atomic E-state index is 0.0108. The maximum atomic E-state index is 5.82. The van der Waals surface area contributed by atoms with Crippen LogP contribution in [0.15, 0.2) is 71.5 Å². The number of nitrogens with zero attached hydrogens (tertiary/aromatic N) is 3. The standard InChI is InChI=1S/C27H28N4OS/c1-17-12-18(2)14-21(13-17)31-19(3)15-23(20(31)4)26-25(24-9-5-6-10-28-24)29-27(33)30(26)16-22-8-7-11-32-22/h5-15,25-26H,16H2,1-4H3,(H,29,33). The van der Waals surface area contributed by atoms with E-state index in [1.165, 1.54) is 33.8 Å². The predicted molar refractivity (Wildman–Crippen MR) is 134 cm³/mol. The van der Waals surface area contributed by atoms with Crippen LogP contribution in [0.25, 0.3) is 5.69 Å². The zero-order chi connectivity index (χ0) is 23.1. The van der Waals surface area contributed by atoms with Gasteiger partial charge in [0.15, 0.2) is 5.11 Å². The zero-order valence-corrected chi connectivity index (χ0v) is 20.2. The van der Waals surface area contributed by atoms with E-state index >= 15 is 0 Å². The van der Waals surface area contributed by atoms with Gasteiger partial charge in [0.05, 0.1) is 30.6 Å². The van der Waals surface area contributed by atoms with Crippen LogP contribution in [0.2, 0.25) is 0 Å². The van der Waals surface area contributed by atoms with Gasteiger partial charge in [-0.1, -0.05) is 12.1 Å². The Bertz CT molecular complexity index is 1270. The van der Waals surface area contributed by atoms with Crippen molar-refractivity contribution in [1.29, 1.82) is 0 Å². The molecule has 1 N–H and O–H groups in total. The fourth-order valence-corrected chi connectivity index (χ4v) is 5.35. The molecule has 5 rings (SSSR count). The molecule has 33 heavy (non-hydrogen) atoms. The summed E-state index contributed by atoms with van der Waals surface area (Å²) in [5.74, 6) is 0.883. The highest BCUT2D eigenvalue weighted by Gasteiger charge is 2.41. The summed E-state index contributed by atoms with van der Waals surface area (Å²) in [6.45, 7) is 9.25. The average Bonchev–Trinajstić information content (AvgIpc) is 3.47. The van der Waals surface area contributed by atoms with E-state index in [-0.39, 0.29) is 12.1 Å². The lowest BCUT2D eigenvalue weighted by Gasteiger charge is -2.27. The Labute approximate surface area is 200 Å². The van der Waals surface area contributed by atoms with E-state index < -0.39 is 0 Å². The molecule has 0 aliphatic carbocycles. The van der Waals surface area contributed by atoms with Crippen molar-refractivity contribution in [2.45, 2.75) is 46.3 Å². The number of pyridine rings is 1. The third kappa shape index (κ3) is 3.95. The Morgan fingerprint density at radius 2 is 1.79 bits per heavy atom. The molecule has 1 saturated heterocycles. The Hall–Kier alpha value is -3.38. The van der Waals surface area contributed by atoms with Gasteiger partial charge in [-0.3, -0.25) is 4.98 Å². The molecule has 1 aromatic carbocycles. The number of rotatable bonds is 5. The first-order valence-corrected chi connectivity index (χ1v) is 11.6. The van der Waals surface area contributed by atoms with Crippen molar-refractivity contribution in [2.24, 2.45) is 0 Å². The Balaban J connectivity index is 1.63. The summed E-state index contributed by atoms with van der Waals surface area (Å²) in [4.78, 5) is 6.89. The fraction of sp³-hybridized carbons (Fsp3) is 0.259. The summed E-state index contributed by atoms with van der Waals surface area (Å²) >= 11 is 5.82. The maximum absolute atomic E-state index is 5.82. The van der Waals surface area contributed by atoms with Gasteiger partial charge in [-0.15, -0.1) is 0 Å². The van der Waals surface area contributed by atoms with Gasteiger partial charge in [0.25, 0.3) is 0 Å². The van der Waals surface area contributed by atoms with Gasteiger partial charge in [0, 0.05) is 23.3 Å². The largest absolute Gasteiger partial charge is 0.467 e. The average molecular weight is 457 g/mol. The van der Waals surface area contributed by atoms with Gasteiger partial charge in [-0.25, -0.2) is 0 Å². The van der Waals surface area contributed by atoms with Crippen molar-refractivity contribution >= 4 is 17.3 Å². The first-order valence-electron chi connectivity index (χ1n) is 11.2. The number of aryl methyl sites for hydroxylation is 3. The fourth-order valence-electron chi connectivity index (χ4n) is 5.05. The summed E-state index contributed by atoms with van der Waals surface area (Å²) in [7, 11) is 0. The predicted octanol–water partition coefficient (Wildman–Crippen LogP) is 5.87. The molecule has 1 aliphatic heterocycles. The highest BCUT2D eigenvalue weighted by Crippen LogP contribution is 2.42. The highest BCUT2D eigenvalue weighted by molar-refractivity contribution is 7.80. The highest BCUT2D eigenvalue weighted by atomic mass is 32.1. The Morgan fingerprint density at radius 3 is 2.45 bits per heavy atom. The first-order chi connectivity index (χ1) is 15.9. The molecule has 0 radical (unpaired) electrons. The molecule has 168 valence electrons. The summed E-state index contributed by atoms with van der Waals surface area (Å²) in [6.07, 6.45) is 3.55. The number of benzene rings is 1. The zero-order valence-electron chi connectivity index (χ0n) is 19.4. The van der Waals surface area contributed by atoms with Crippen molar-refractivity contribution in [2.75, 3.05) is 0 Å². The van der Waals surface area contributed by atoms with Gasteiger partial charge in [0.2, 0.25) is 0 Å². The SMILES string of the molecule is Cc1cc(C)cc(-n2c(C)cc(C3C(c4ccccn4)NC(=S)N3Cc3ccco3)c2C)c1. The van der Waals surface area contributed by atoms with Crippen LogP contribution in [0.1, 0.15) is 51.6 Å². The topological polar surface area (TPSA) is 46.2 Å². The molecule has 0 amide bonds. The van der Waals surface area contributed by atoms with Gasteiger partial charge >= 0.3 is 0 Å². The second-order valence-corrected chi connectivity index (χ2v) is 9.23. The van der Waals surface area contributed by atoms with Crippen LogP contribution in [0.3, 0.4) is 0 Å². The molecule has 5 nitrogen and oxygen atoms in total. The third-order valence-corrected chi connectivity index (χ3v) is 6.71. The van der Waals surface area contributed by atoms with Crippen LogP contribution in [-0.2, 0) is 6.54 Å². The molecule has 4 aromatic rings. The van der Waals surface area contributed by atoms with E-state index in [0.717, 1.165) is 11.5 Å². The monoisotopic (exact) mass is 456 g/mol. The van der Waals surface area contributed by atoms with E-state index in [2.05, 4.69) is 77.8 Å². The molecule has 0 bridgehead atoms. The minimum Gasteiger partial charge on any atom is -0.467 e. The molecule has 3 aromatic heterocycles. The number of hydrogen-bond donors (Lipinski definition) is 1. The van der Waals surface area contributed by atoms with Crippen molar-refractivity contribution in [3.05, 3.63) is 107 Å². The van der Waals surface area contributed by atoms with E-state index in [1.54, 1.807) is 6.26 Å². The van der Waals surface area contributed by atoms with Crippen LogP contribution in [0.4, 0.5) is 0 Å². The molecule has 2 atom stereocenters. The van der Waals surface area contributed by atoms with Crippen LogP contribution in [-0.4, -0.2) is 19.6 Å². The summed E-state index contributed by atoms with van der Waals surface area (Å²) in [5.41, 5.74) is 8.32. The molecular formula is C27H28N4OS. The Kier molecular flexibility index (Phi) is 5.54.